The summed E-state index contributed by atoms with van der Waals surface area (Å²) in [6, 6.07) is 15.7. The maximum absolute atomic E-state index is 14.1. The third-order valence-corrected chi connectivity index (χ3v) is 9.34. The number of anilines is 3. The molecule has 0 bridgehead atoms. The van der Waals surface area contributed by atoms with Crippen molar-refractivity contribution in [1.82, 2.24) is 0 Å². The van der Waals surface area contributed by atoms with Gasteiger partial charge in [-0.05, 0) is 65.5 Å². The molecule has 5 nitrogen and oxygen atoms in total. The van der Waals surface area contributed by atoms with Crippen LogP contribution in [-0.4, -0.2) is 31.3 Å². The minimum Gasteiger partial charge on any atom is -0.336 e. The van der Waals surface area contributed by atoms with Gasteiger partial charge >= 0.3 is 31.6 Å². The molecule has 1 fully saturated rings. The number of carbonyl (C=O) groups excluding carboxylic acids is 1. The van der Waals surface area contributed by atoms with Crippen molar-refractivity contribution in [2.24, 2.45) is 0 Å². The molecule has 0 spiro atoms. The predicted octanol–water partition coefficient (Wildman–Crippen LogP) is 11.7. The maximum Gasteiger partial charge on any atom is 1.00 e. The summed E-state index contributed by atoms with van der Waals surface area (Å²) < 4.78 is 42.2. The minimum atomic E-state index is -5.25. The fourth-order valence-corrected chi connectivity index (χ4v) is 6.66. The van der Waals surface area contributed by atoms with E-state index < -0.39 is 18.2 Å². The van der Waals surface area contributed by atoms with Crippen LogP contribution in [0.15, 0.2) is 54.4 Å². The van der Waals surface area contributed by atoms with Gasteiger partial charge < -0.3 is 9.80 Å². The van der Waals surface area contributed by atoms with Crippen LogP contribution in [0.1, 0.15) is 121 Å². The number of hydrogen-bond acceptors (Lipinski definition) is 4. The number of hydroxylamine groups is 1. The van der Waals surface area contributed by atoms with Gasteiger partial charge in [0.05, 0.1) is 11.9 Å². The number of amides is 1. The summed E-state index contributed by atoms with van der Waals surface area (Å²) in [6.45, 7) is 21.4. The van der Waals surface area contributed by atoms with Gasteiger partial charge in [0, 0.05) is 34.5 Å². The van der Waals surface area contributed by atoms with Gasteiger partial charge in [-0.3, -0.25) is 9.63 Å². The van der Waals surface area contributed by atoms with Crippen molar-refractivity contribution in [3.63, 3.8) is 0 Å². The van der Waals surface area contributed by atoms with E-state index in [2.05, 4.69) is 108 Å². The van der Waals surface area contributed by atoms with Gasteiger partial charge in [-0.25, -0.2) is 5.06 Å². The van der Waals surface area contributed by atoms with E-state index in [1.54, 1.807) is 0 Å². The first-order valence-corrected chi connectivity index (χ1v) is 17.6. The van der Waals surface area contributed by atoms with Crippen LogP contribution in [0.25, 0.3) is 0 Å². The molecule has 0 N–H and O–H groups in total. The number of benzene rings is 3. The molecule has 1 aliphatic heterocycles. The number of nitrogens with zero attached hydrogens (tertiary/aromatic N) is 3. The monoisotopic (exact) mass is 818 g/mol. The Hall–Kier alpha value is -2.58. The number of carbonyl (C=O) groups is 1. The first kappa shape index (κ1) is 41.8. The molecule has 0 unspecified atom stereocenters. The van der Waals surface area contributed by atoms with Crippen LogP contribution in [-0.2, 0) is 29.1 Å². The van der Waals surface area contributed by atoms with Crippen LogP contribution in [0, 0.1) is 6.08 Å². The molecule has 0 aromatic heterocycles. The molecule has 3 aromatic carbocycles. The second kappa shape index (κ2) is 16.8. The van der Waals surface area contributed by atoms with Gasteiger partial charge in [-0.2, -0.15) is 24.8 Å². The molecular weight excluding hydrogens is 771 g/mol. The Morgan fingerprint density at radius 1 is 0.740 bits per heavy atom. The molecule has 1 aliphatic rings. The van der Waals surface area contributed by atoms with Gasteiger partial charge in [0.25, 0.3) is 0 Å². The van der Waals surface area contributed by atoms with Crippen LogP contribution in [0.3, 0.4) is 0 Å². The number of alkyl halides is 3. The summed E-state index contributed by atoms with van der Waals surface area (Å²) >= 11 is 13.1. The SMILES string of the molecule is CC(C)ON(C(=O)C(F)(F)F)c1c([C-]=C2N(c3c(C(C)C)cccc3C(C)C)CCN2c2c(C(C)C)cccc2C(C)C)ccc(Cl)c1Cl.[Ru+]. The predicted molar refractivity (Wildman–Crippen MR) is 196 cm³/mol. The zero-order valence-electron chi connectivity index (χ0n) is 30.3. The Balaban J connectivity index is 0.00000676. The average molecular weight is 819 g/mol. The number of halogens is 5. The van der Waals surface area contributed by atoms with E-state index in [1.807, 2.05) is 0 Å². The van der Waals surface area contributed by atoms with E-state index in [0.717, 1.165) is 33.6 Å². The molecule has 1 saturated heterocycles. The largest absolute Gasteiger partial charge is 1.00 e. The van der Waals surface area contributed by atoms with Crippen molar-refractivity contribution in [3.05, 3.63) is 98.3 Å². The number of rotatable bonds is 10. The van der Waals surface area contributed by atoms with Gasteiger partial charge in [-0.1, -0.05) is 121 Å². The molecule has 1 heterocycles. The fraction of sp³-hybridized carbons (Fsp3) is 0.462. The molecule has 0 saturated carbocycles. The van der Waals surface area contributed by atoms with Crippen LogP contribution in [0.5, 0.6) is 0 Å². The van der Waals surface area contributed by atoms with Gasteiger partial charge in [0.15, 0.2) is 0 Å². The Bertz CT molecular complexity index is 1580. The zero-order chi connectivity index (χ0) is 36.5. The summed E-state index contributed by atoms with van der Waals surface area (Å²) in [5, 5.41) is -0.0640. The summed E-state index contributed by atoms with van der Waals surface area (Å²) in [6.07, 6.45) is -2.56. The topological polar surface area (TPSA) is 36.0 Å². The standard InChI is InChI=1S/C39H47Cl2F3N3O2.Ru/c1-22(2)28-13-11-14-29(23(3)4)36(28)45-19-20-46(37-30(24(5)6)15-12-16-31(37)25(7)8)33(45)21-27-17-18-32(40)34(41)35(27)47(49-26(9)10)38(48)39(42,43)44;/h11-18,22-26H,19-20H2,1-10H3;/q-1;+1. The minimum absolute atomic E-state index is 0. The Kier molecular flexibility index (Phi) is 14.1. The molecule has 0 aliphatic carbocycles. The summed E-state index contributed by atoms with van der Waals surface area (Å²) in [5.74, 6) is -0.890. The molecule has 1 amide bonds. The van der Waals surface area contributed by atoms with Crippen molar-refractivity contribution >= 4 is 46.2 Å². The van der Waals surface area contributed by atoms with E-state index in [0.29, 0.717) is 18.9 Å². The number of hydrogen-bond donors (Lipinski definition) is 0. The first-order chi connectivity index (χ1) is 22.9. The van der Waals surface area contributed by atoms with Crippen LogP contribution >= 0.6 is 23.2 Å². The Morgan fingerprint density at radius 3 is 1.48 bits per heavy atom. The molecule has 11 heteroatoms. The van der Waals surface area contributed by atoms with Gasteiger partial charge in [0.1, 0.15) is 0 Å². The Labute approximate surface area is 318 Å². The maximum atomic E-state index is 14.1. The Morgan fingerprint density at radius 2 is 1.14 bits per heavy atom. The molecule has 3 aromatic rings. The first-order valence-electron chi connectivity index (χ1n) is 16.9. The normalized spacial score (nSPS) is 13.7. The summed E-state index contributed by atoms with van der Waals surface area (Å²) in [4.78, 5) is 22.9. The van der Waals surface area contributed by atoms with Crippen molar-refractivity contribution < 1.29 is 42.3 Å². The molecule has 0 atom stereocenters. The van der Waals surface area contributed by atoms with Gasteiger partial charge in [0.2, 0.25) is 0 Å². The van der Waals surface area contributed by atoms with E-state index in [9.17, 15) is 18.0 Å². The second-order valence-electron chi connectivity index (χ2n) is 13.9. The fourth-order valence-electron chi connectivity index (χ4n) is 6.26. The third-order valence-electron chi connectivity index (χ3n) is 8.55. The van der Waals surface area contributed by atoms with Crippen molar-refractivity contribution in [3.8, 4) is 0 Å². The van der Waals surface area contributed by atoms with Crippen LogP contribution in [0.4, 0.5) is 30.2 Å². The van der Waals surface area contributed by atoms with Crippen molar-refractivity contribution in [2.75, 3.05) is 28.0 Å². The molecule has 273 valence electrons. The van der Waals surface area contributed by atoms with Crippen LogP contribution in [0.2, 0.25) is 10.0 Å². The average Bonchev–Trinajstić information content (AvgIpc) is 3.42. The third kappa shape index (κ3) is 8.71. The molecular formula is C39H47Cl2F3N3O2Ru. The van der Waals surface area contributed by atoms with Crippen LogP contribution < -0.4 is 14.9 Å². The van der Waals surface area contributed by atoms with E-state index >= 15 is 0 Å². The molecule has 1 radical (unpaired) electrons. The number of para-hydroxylation sites is 2. The van der Waals surface area contributed by atoms with E-state index in [1.165, 1.54) is 26.0 Å². The van der Waals surface area contributed by atoms with Crippen molar-refractivity contribution in [2.45, 2.75) is 105 Å². The van der Waals surface area contributed by atoms with E-state index in [4.69, 9.17) is 28.0 Å². The summed E-state index contributed by atoms with van der Waals surface area (Å²) in [7, 11) is 0. The summed E-state index contributed by atoms with van der Waals surface area (Å²) in [5.41, 5.74) is 6.43. The molecule has 4 rings (SSSR count). The zero-order valence-corrected chi connectivity index (χ0v) is 33.6. The smallest absolute Gasteiger partial charge is 0.336 e. The van der Waals surface area contributed by atoms with E-state index in [-0.39, 0.29) is 69.5 Å². The molecule has 50 heavy (non-hydrogen) atoms. The van der Waals surface area contributed by atoms with Crippen molar-refractivity contribution in [1.29, 1.82) is 0 Å². The second-order valence-corrected chi connectivity index (χ2v) is 14.7. The van der Waals surface area contributed by atoms with Gasteiger partial charge in [-0.15, -0.1) is 6.08 Å². The quantitative estimate of drug-likeness (QED) is 0.116.